The lowest BCUT2D eigenvalue weighted by atomic mass is 10.1. The molecule has 2 rings (SSSR count). The molecule has 0 radical (unpaired) electrons. The first-order valence-electron chi connectivity index (χ1n) is 4.54. The summed E-state index contributed by atoms with van der Waals surface area (Å²) < 4.78 is 0. The number of carbonyl (C=O) groups is 1. The van der Waals surface area contributed by atoms with Crippen molar-refractivity contribution in [2.75, 3.05) is 13.1 Å². The van der Waals surface area contributed by atoms with Crippen molar-refractivity contribution in [3.05, 3.63) is 28.0 Å². The van der Waals surface area contributed by atoms with Crippen LogP contribution in [0.2, 0.25) is 0 Å². The van der Waals surface area contributed by atoms with Crippen molar-refractivity contribution in [1.29, 1.82) is 0 Å². The summed E-state index contributed by atoms with van der Waals surface area (Å²) >= 11 is 0. The number of pyridine rings is 1. The average Bonchev–Trinajstić information content (AvgIpc) is 2.10. The molecule has 1 amide bonds. The van der Waals surface area contributed by atoms with E-state index < -0.39 is 5.56 Å². The molecule has 0 aromatic carbocycles. The van der Waals surface area contributed by atoms with Gasteiger partial charge in [-0.25, -0.2) is 0 Å². The molecule has 0 saturated carbocycles. The Morgan fingerprint density at radius 2 is 2.20 bits per heavy atom. The highest BCUT2D eigenvalue weighted by Crippen LogP contribution is 2.12. The van der Waals surface area contributed by atoms with Gasteiger partial charge in [0.1, 0.15) is 0 Å². The lowest BCUT2D eigenvalue weighted by Crippen LogP contribution is -2.57. The van der Waals surface area contributed by atoms with Gasteiger partial charge in [0.25, 0.3) is 11.5 Å². The highest BCUT2D eigenvalue weighted by atomic mass is 16.3. The van der Waals surface area contributed by atoms with Crippen molar-refractivity contribution in [1.82, 2.24) is 9.88 Å². The first kappa shape index (κ1) is 9.72. The number of nitrogens with two attached hydrogens (primary N) is 1. The Kier molecular flexibility index (Phi) is 2.20. The smallest absolute Gasteiger partial charge is 0.254 e. The number of amides is 1. The highest BCUT2D eigenvalue weighted by molar-refractivity contribution is 5.94. The molecule has 1 fully saturated rings. The van der Waals surface area contributed by atoms with Gasteiger partial charge in [-0.2, -0.15) is 0 Å². The number of nitrogens with zero attached hydrogens (tertiary/aromatic N) is 1. The van der Waals surface area contributed by atoms with Gasteiger partial charge in [-0.1, -0.05) is 0 Å². The zero-order chi connectivity index (χ0) is 11.0. The van der Waals surface area contributed by atoms with E-state index in [1.165, 1.54) is 11.0 Å². The van der Waals surface area contributed by atoms with Crippen molar-refractivity contribution < 1.29 is 9.90 Å². The third-order valence-corrected chi connectivity index (χ3v) is 2.27. The van der Waals surface area contributed by atoms with Crippen molar-refractivity contribution in [3.8, 4) is 5.88 Å². The van der Waals surface area contributed by atoms with E-state index in [1.54, 1.807) is 0 Å². The molecule has 1 aliphatic rings. The summed E-state index contributed by atoms with van der Waals surface area (Å²) in [6, 6.07) is 2.41. The van der Waals surface area contributed by atoms with E-state index in [1.807, 2.05) is 0 Å². The van der Waals surface area contributed by atoms with E-state index >= 15 is 0 Å². The van der Waals surface area contributed by atoms with Crippen LogP contribution in [0.15, 0.2) is 16.9 Å². The molecule has 15 heavy (non-hydrogen) atoms. The lowest BCUT2D eigenvalue weighted by molar-refractivity contribution is 0.0607. The van der Waals surface area contributed by atoms with Crippen LogP contribution in [0.5, 0.6) is 5.88 Å². The van der Waals surface area contributed by atoms with Crippen molar-refractivity contribution in [3.63, 3.8) is 0 Å². The number of carbonyl (C=O) groups excluding carboxylic acids is 1. The Hall–Kier alpha value is -1.82. The molecule has 1 aliphatic heterocycles. The fourth-order valence-corrected chi connectivity index (χ4v) is 1.51. The van der Waals surface area contributed by atoms with Crippen LogP contribution in [0, 0.1) is 0 Å². The minimum Gasteiger partial charge on any atom is -0.494 e. The van der Waals surface area contributed by atoms with Crippen LogP contribution in [0.1, 0.15) is 10.4 Å². The molecule has 6 heteroatoms. The van der Waals surface area contributed by atoms with Crippen LogP contribution in [0.3, 0.4) is 0 Å². The zero-order valence-electron chi connectivity index (χ0n) is 7.93. The summed E-state index contributed by atoms with van der Waals surface area (Å²) in [5, 5.41) is 9.12. The monoisotopic (exact) mass is 209 g/mol. The van der Waals surface area contributed by atoms with Gasteiger partial charge in [-0.3, -0.25) is 14.6 Å². The quantitative estimate of drug-likeness (QED) is 0.544. The second-order valence-corrected chi connectivity index (χ2v) is 3.59. The van der Waals surface area contributed by atoms with Crippen LogP contribution in [0.4, 0.5) is 0 Å². The Bertz CT molecular complexity index is 448. The number of H-pyrrole nitrogens is 1. The summed E-state index contributed by atoms with van der Waals surface area (Å²) in [6.07, 6.45) is 0. The Balaban J connectivity index is 2.22. The van der Waals surface area contributed by atoms with Gasteiger partial charge in [0.2, 0.25) is 0 Å². The van der Waals surface area contributed by atoms with Crippen molar-refractivity contribution in [2.24, 2.45) is 5.73 Å². The summed E-state index contributed by atoms with van der Waals surface area (Å²) in [5.74, 6) is -0.589. The maximum atomic E-state index is 11.7. The lowest BCUT2D eigenvalue weighted by Gasteiger charge is -2.36. The number of aromatic amines is 1. The van der Waals surface area contributed by atoms with Crippen LogP contribution >= 0.6 is 0 Å². The number of rotatable bonds is 1. The molecule has 1 aromatic heterocycles. The first-order chi connectivity index (χ1) is 7.06. The van der Waals surface area contributed by atoms with Crippen molar-refractivity contribution in [2.45, 2.75) is 6.04 Å². The van der Waals surface area contributed by atoms with Gasteiger partial charge in [0, 0.05) is 31.3 Å². The van der Waals surface area contributed by atoms with Crippen LogP contribution < -0.4 is 11.3 Å². The predicted octanol–water partition coefficient (Wildman–Crippen LogP) is -1.14. The molecule has 0 spiro atoms. The first-order valence-corrected chi connectivity index (χ1v) is 4.54. The summed E-state index contributed by atoms with van der Waals surface area (Å²) in [5.41, 5.74) is 5.22. The normalized spacial score (nSPS) is 16.2. The largest absolute Gasteiger partial charge is 0.494 e. The molecule has 1 aromatic rings. The average molecular weight is 209 g/mol. The van der Waals surface area contributed by atoms with Gasteiger partial charge in [0.05, 0.1) is 5.56 Å². The Morgan fingerprint density at radius 3 is 2.73 bits per heavy atom. The number of likely N-dealkylation sites (tertiary alicyclic amines) is 1. The van der Waals surface area contributed by atoms with Gasteiger partial charge in [-0.05, 0) is 0 Å². The van der Waals surface area contributed by atoms with E-state index in [0.717, 1.165) is 6.07 Å². The summed E-state index contributed by atoms with van der Waals surface area (Å²) in [6.45, 7) is 0.985. The minimum absolute atomic E-state index is 0.0181. The molecular weight excluding hydrogens is 198 g/mol. The second-order valence-electron chi connectivity index (χ2n) is 3.59. The van der Waals surface area contributed by atoms with E-state index in [-0.39, 0.29) is 23.4 Å². The van der Waals surface area contributed by atoms with E-state index in [4.69, 9.17) is 10.8 Å². The highest BCUT2D eigenvalue weighted by Gasteiger charge is 2.28. The maximum absolute atomic E-state index is 11.7. The van der Waals surface area contributed by atoms with Gasteiger partial charge >= 0.3 is 0 Å². The van der Waals surface area contributed by atoms with Crippen LogP contribution in [-0.4, -0.2) is 40.0 Å². The standard InChI is InChI=1S/C9H11N3O3/c10-6-3-12(4-6)9(15)5-1-7(13)11-8(14)2-5/h1-2,6H,3-4,10H2,(H2,11,13,14). The van der Waals surface area contributed by atoms with Crippen LogP contribution in [-0.2, 0) is 0 Å². The molecule has 1 saturated heterocycles. The zero-order valence-corrected chi connectivity index (χ0v) is 7.93. The van der Waals surface area contributed by atoms with Gasteiger partial charge in [0.15, 0.2) is 5.88 Å². The molecule has 2 heterocycles. The number of hydrogen-bond acceptors (Lipinski definition) is 4. The molecule has 4 N–H and O–H groups in total. The fraction of sp³-hybridized carbons (Fsp3) is 0.333. The van der Waals surface area contributed by atoms with Gasteiger partial charge < -0.3 is 15.7 Å². The Morgan fingerprint density at radius 1 is 1.53 bits per heavy atom. The Labute approximate surface area is 85.3 Å². The molecule has 80 valence electrons. The molecule has 0 unspecified atom stereocenters. The number of nitrogens with one attached hydrogen (secondary N) is 1. The fourth-order valence-electron chi connectivity index (χ4n) is 1.51. The second kappa shape index (κ2) is 3.39. The molecule has 0 atom stereocenters. The molecule has 6 nitrogen and oxygen atoms in total. The SMILES string of the molecule is NC1CN(C(=O)c2cc(O)[nH]c(=O)c2)C1. The van der Waals surface area contributed by atoms with E-state index in [2.05, 4.69) is 4.98 Å². The third kappa shape index (κ3) is 1.84. The maximum Gasteiger partial charge on any atom is 0.254 e. The summed E-state index contributed by atoms with van der Waals surface area (Å²) in [7, 11) is 0. The van der Waals surface area contributed by atoms with Crippen LogP contribution in [0.25, 0.3) is 0 Å². The topological polar surface area (TPSA) is 99.4 Å². The molecular formula is C9H11N3O3. The summed E-state index contributed by atoms with van der Waals surface area (Å²) in [4.78, 5) is 26.4. The number of hydrogen-bond donors (Lipinski definition) is 3. The van der Waals surface area contributed by atoms with E-state index in [0.29, 0.717) is 13.1 Å². The number of aromatic hydroxyl groups is 1. The van der Waals surface area contributed by atoms with Crippen molar-refractivity contribution >= 4 is 5.91 Å². The third-order valence-electron chi connectivity index (χ3n) is 2.27. The minimum atomic E-state index is -0.497. The van der Waals surface area contributed by atoms with E-state index in [9.17, 15) is 9.59 Å². The van der Waals surface area contributed by atoms with Gasteiger partial charge in [-0.15, -0.1) is 0 Å². The molecule has 0 aliphatic carbocycles. The predicted molar refractivity (Wildman–Crippen MR) is 52.6 cm³/mol. The number of aromatic nitrogens is 1. The molecule has 0 bridgehead atoms.